The number of ether oxygens (including phenoxy) is 2. The van der Waals surface area contributed by atoms with E-state index in [-0.39, 0.29) is 17.3 Å². The van der Waals surface area contributed by atoms with E-state index in [9.17, 15) is 0 Å². The van der Waals surface area contributed by atoms with Crippen molar-refractivity contribution in [1.82, 2.24) is 15.0 Å². The van der Waals surface area contributed by atoms with E-state index in [1.54, 1.807) is 0 Å². The Kier molecular flexibility index (Phi) is 3.40. The van der Waals surface area contributed by atoms with Crippen molar-refractivity contribution in [3.63, 3.8) is 0 Å². The Bertz CT molecular complexity index is 371. The maximum atomic E-state index is 5.78. The number of aromatic nitrogens is 3. The molecule has 0 amide bonds. The molecule has 1 aromatic heterocycles. The largest absolute Gasteiger partial charge is 0.467 e. The molecule has 0 saturated carbocycles. The number of halogens is 1. The monoisotopic (exact) mass is 244 g/mol. The van der Waals surface area contributed by atoms with E-state index in [2.05, 4.69) is 15.0 Å². The van der Waals surface area contributed by atoms with E-state index >= 15 is 0 Å². The van der Waals surface area contributed by atoms with Crippen LogP contribution in [0.1, 0.15) is 6.42 Å². The van der Waals surface area contributed by atoms with Crippen molar-refractivity contribution < 1.29 is 9.47 Å². The lowest BCUT2D eigenvalue weighted by atomic mass is 10.2. The second kappa shape index (κ2) is 4.80. The molecule has 1 aliphatic heterocycles. The minimum atomic E-state index is 0.132. The van der Waals surface area contributed by atoms with Gasteiger partial charge in [0.05, 0.1) is 19.8 Å². The third kappa shape index (κ3) is 2.33. The van der Waals surface area contributed by atoms with Gasteiger partial charge in [-0.15, -0.1) is 0 Å². The standard InChI is InChI=1S/C9H13ClN4O2/c1-14(6-3-4-16-5-6)8-11-7(10)12-9(13-8)15-2/h6H,3-5H2,1-2H3. The maximum absolute atomic E-state index is 5.78. The summed E-state index contributed by atoms with van der Waals surface area (Å²) >= 11 is 5.78. The zero-order valence-corrected chi connectivity index (χ0v) is 9.94. The summed E-state index contributed by atoms with van der Waals surface area (Å²) in [5.41, 5.74) is 0. The molecule has 0 bridgehead atoms. The van der Waals surface area contributed by atoms with Crippen molar-refractivity contribution >= 4 is 17.5 Å². The van der Waals surface area contributed by atoms with Gasteiger partial charge in [0.1, 0.15) is 0 Å². The molecule has 0 aromatic carbocycles. The van der Waals surface area contributed by atoms with Crippen LogP contribution >= 0.6 is 11.6 Å². The van der Waals surface area contributed by atoms with Crippen LogP contribution in [0.4, 0.5) is 5.95 Å². The predicted octanol–water partition coefficient (Wildman–Crippen LogP) is 0.759. The fraction of sp³-hybridized carbons (Fsp3) is 0.667. The van der Waals surface area contributed by atoms with Crippen LogP contribution in [0.3, 0.4) is 0 Å². The average Bonchev–Trinajstić information content (AvgIpc) is 2.80. The SMILES string of the molecule is COc1nc(Cl)nc(N(C)C2CCOC2)n1. The molecule has 88 valence electrons. The molecular weight excluding hydrogens is 232 g/mol. The second-order valence-corrected chi connectivity index (χ2v) is 3.86. The zero-order chi connectivity index (χ0) is 11.5. The average molecular weight is 245 g/mol. The molecule has 1 unspecified atom stereocenters. The molecule has 1 aromatic rings. The summed E-state index contributed by atoms with van der Waals surface area (Å²) < 4.78 is 10.3. The van der Waals surface area contributed by atoms with Gasteiger partial charge in [0.25, 0.3) is 0 Å². The van der Waals surface area contributed by atoms with E-state index in [0.717, 1.165) is 13.0 Å². The molecule has 0 N–H and O–H groups in total. The van der Waals surface area contributed by atoms with E-state index < -0.39 is 0 Å². The van der Waals surface area contributed by atoms with Crippen molar-refractivity contribution in [2.24, 2.45) is 0 Å². The highest BCUT2D eigenvalue weighted by Gasteiger charge is 2.23. The van der Waals surface area contributed by atoms with Crippen LogP contribution in [0.25, 0.3) is 0 Å². The van der Waals surface area contributed by atoms with Crippen LogP contribution in [-0.4, -0.2) is 48.4 Å². The number of methoxy groups -OCH3 is 1. The van der Waals surface area contributed by atoms with Gasteiger partial charge in [-0.2, -0.15) is 15.0 Å². The fourth-order valence-electron chi connectivity index (χ4n) is 1.56. The van der Waals surface area contributed by atoms with Gasteiger partial charge in [-0.1, -0.05) is 0 Å². The molecule has 1 fully saturated rings. The summed E-state index contributed by atoms with van der Waals surface area (Å²) in [6.45, 7) is 1.45. The van der Waals surface area contributed by atoms with E-state index in [0.29, 0.717) is 12.6 Å². The Morgan fingerprint density at radius 2 is 2.25 bits per heavy atom. The summed E-state index contributed by atoms with van der Waals surface area (Å²) in [6, 6.07) is 0.504. The highest BCUT2D eigenvalue weighted by Crippen LogP contribution is 2.19. The smallest absolute Gasteiger partial charge is 0.322 e. The van der Waals surface area contributed by atoms with Gasteiger partial charge in [0.15, 0.2) is 0 Å². The van der Waals surface area contributed by atoms with Crippen LogP contribution in [0, 0.1) is 0 Å². The number of hydrogen-bond acceptors (Lipinski definition) is 6. The van der Waals surface area contributed by atoms with Gasteiger partial charge < -0.3 is 14.4 Å². The third-order valence-corrected chi connectivity index (χ3v) is 2.70. The summed E-state index contributed by atoms with van der Waals surface area (Å²) in [6.07, 6.45) is 0.960. The molecule has 0 spiro atoms. The Morgan fingerprint density at radius 3 is 2.88 bits per heavy atom. The van der Waals surface area contributed by atoms with Crippen molar-refractivity contribution in [1.29, 1.82) is 0 Å². The van der Waals surface area contributed by atoms with Crippen molar-refractivity contribution in [2.45, 2.75) is 12.5 Å². The highest BCUT2D eigenvalue weighted by molar-refractivity contribution is 6.28. The van der Waals surface area contributed by atoms with Crippen LogP contribution in [0.2, 0.25) is 5.28 Å². The zero-order valence-electron chi connectivity index (χ0n) is 9.18. The van der Waals surface area contributed by atoms with Crippen molar-refractivity contribution in [2.75, 3.05) is 32.3 Å². The number of hydrogen-bond donors (Lipinski definition) is 0. The van der Waals surface area contributed by atoms with Crippen LogP contribution in [0.5, 0.6) is 6.01 Å². The van der Waals surface area contributed by atoms with Gasteiger partial charge in [0.2, 0.25) is 11.2 Å². The molecule has 6 nitrogen and oxygen atoms in total. The second-order valence-electron chi connectivity index (χ2n) is 3.52. The lowest BCUT2D eigenvalue weighted by Crippen LogP contribution is -2.33. The van der Waals surface area contributed by atoms with Gasteiger partial charge in [-0.25, -0.2) is 0 Å². The quantitative estimate of drug-likeness (QED) is 0.782. The molecular formula is C9H13ClN4O2. The first-order chi connectivity index (χ1) is 7.70. The molecule has 7 heteroatoms. The molecule has 1 saturated heterocycles. The third-order valence-electron chi connectivity index (χ3n) is 2.53. The first kappa shape index (κ1) is 11.3. The first-order valence-electron chi connectivity index (χ1n) is 4.97. The van der Waals surface area contributed by atoms with Crippen molar-refractivity contribution in [3.8, 4) is 6.01 Å². The molecule has 1 aliphatic rings. The van der Waals surface area contributed by atoms with Gasteiger partial charge in [0, 0.05) is 13.7 Å². The highest BCUT2D eigenvalue weighted by atomic mass is 35.5. The number of rotatable bonds is 3. The maximum Gasteiger partial charge on any atom is 0.322 e. The lowest BCUT2D eigenvalue weighted by molar-refractivity contribution is 0.193. The van der Waals surface area contributed by atoms with Gasteiger partial charge >= 0.3 is 6.01 Å². The topological polar surface area (TPSA) is 60.4 Å². The van der Waals surface area contributed by atoms with Crippen LogP contribution < -0.4 is 9.64 Å². The molecule has 0 radical (unpaired) electrons. The minimum Gasteiger partial charge on any atom is -0.467 e. The first-order valence-corrected chi connectivity index (χ1v) is 5.34. The molecule has 0 aliphatic carbocycles. The molecule has 2 rings (SSSR count). The Labute approximate surface area is 98.6 Å². The van der Waals surface area contributed by atoms with E-state index in [1.165, 1.54) is 7.11 Å². The predicted molar refractivity (Wildman–Crippen MR) is 59.0 cm³/mol. The fourth-order valence-corrected chi connectivity index (χ4v) is 1.71. The van der Waals surface area contributed by atoms with Gasteiger partial charge in [-0.05, 0) is 18.0 Å². The summed E-state index contributed by atoms with van der Waals surface area (Å²) in [5.74, 6) is 0.507. The summed E-state index contributed by atoms with van der Waals surface area (Å²) in [7, 11) is 3.40. The summed E-state index contributed by atoms with van der Waals surface area (Å²) in [4.78, 5) is 14.0. The van der Waals surface area contributed by atoms with Gasteiger partial charge in [-0.3, -0.25) is 0 Å². The van der Waals surface area contributed by atoms with E-state index in [1.807, 2.05) is 11.9 Å². The Hall–Kier alpha value is -1.14. The number of anilines is 1. The molecule has 2 heterocycles. The van der Waals surface area contributed by atoms with Crippen molar-refractivity contribution in [3.05, 3.63) is 5.28 Å². The minimum absolute atomic E-state index is 0.132. The van der Waals surface area contributed by atoms with E-state index in [4.69, 9.17) is 21.1 Å². The molecule has 1 atom stereocenters. The lowest BCUT2D eigenvalue weighted by Gasteiger charge is -2.22. The summed E-state index contributed by atoms with van der Waals surface area (Å²) in [5, 5.41) is 0.132. The molecule has 16 heavy (non-hydrogen) atoms. The number of nitrogens with zero attached hydrogens (tertiary/aromatic N) is 4. The van der Waals surface area contributed by atoms with Crippen LogP contribution in [0.15, 0.2) is 0 Å². The normalized spacial score (nSPS) is 19.8. The van der Waals surface area contributed by atoms with Crippen LogP contribution in [-0.2, 0) is 4.74 Å². The number of likely N-dealkylation sites (N-methyl/N-ethyl adjacent to an activating group) is 1. The Morgan fingerprint density at radius 1 is 1.44 bits per heavy atom. The Balaban J connectivity index is 2.21.